The third-order valence-corrected chi connectivity index (χ3v) is 13.8. The number of methoxy groups -OCH3 is 1. The van der Waals surface area contributed by atoms with Crippen LogP contribution >= 0.6 is 21.6 Å². The van der Waals surface area contributed by atoms with E-state index in [9.17, 15) is 70.6 Å². The Labute approximate surface area is 376 Å². The first kappa shape index (κ1) is 53.7. The van der Waals surface area contributed by atoms with Crippen LogP contribution < -0.4 is 16.0 Å². The number of aliphatic hydroxyl groups excluding tert-OH is 10. The molecule has 4 rings (SSSR count). The van der Waals surface area contributed by atoms with E-state index in [-0.39, 0.29) is 12.5 Å². The number of hydrogen-bond acceptors (Lipinski definition) is 22. The molecule has 1 aromatic carbocycles. The molecule has 0 aliphatic carbocycles. The second-order valence-electron chi connectivity index (χ2n) is 15.7. The van der Waals surface area contributed by atoms with Crippen molar-refractivity contribution < 1.29 is 94.2 Å². The Morgan fingerprint density at radius 3 is 2.38 bits per heavy atom. The Morgan fingerprint density at radius 2 is 1.75 bits per heavy atom. The Morgan fingerprint density at radius 1 is 1.03 bits per heavy atom. The summed E-state index contributed by atoms with van der Waals surface area (Å²) in [5.74, 6) is -4.68. The van der Waals surface area contributed by atoms with Crippen molar-refractivity contribution in [2.75, 3.05) is 49.9 Å². The number of nitrogens with one attached hydrogen (secondary N) is 3. The minimum absolute atomic E-state index is 0.171. The van der Waals surface area contributed by atoms with Crippen molar-refractivity contribution in [3.63, 3.8) is 0 Å². The number of carbonyl (C=O) groups excluding carboxylic acids is 2. The molecule has 0 spiro atoms. The number of amides is 2. The Kier molecular flexibility index (Phi) is 21.6. The minimum Gasteiger partial charge on any atom is -0.487 e. The summed E-state index contributed by atoms with van der Waals surface area (Å²) >= 11 is 0. The predicted molar refractivity (Wildman–Crippen MR) is 229 cm³/mol. The van der Waals surface area contributed by atoms with Gasteiger partial charge in [0.2, 0.25) is 11.8 Å². The second-order valence-corrected chi connectivity index (χ2v) is 18.4. The summed E-state index contributed by atoms with van der Waals surface area (Å²) in [4.78, 5) is 41.8. The summed E-state index contributed by atoms with van der Waals surface area (Å²) < 4.78 is 27.5. The molecule has 3 fully saturated rings. The number of nitrogens with zero attached hydrogens (tertiary/aromatic N) is 1. The maximum atomic E-state index is 12.9. The predicted octanol–water partition coefficient (Wildman–Crippen LogP) is -3.13. The van der Waals surface area contributed by atoms with E-state index in [0.29, 0.717) is 23.0 Å². The highest BCUT2D eigenvalue weighted by molar-refractivity contribution is 8.77. The largest absolute Gasteiger partial charge is 0.487 e. The number of benzene rings is 1. The third-order valence-electron chi connectivity index (χ3n) is 10.8. The molecular formula is C39H62N4O19S2. The lowest BCUT2D eigenvalue weighted by Crippen LogP contribution is -2.68. The van der Waals surface area contributed by atoms with Crippen LogP contribution in [0.5, 0.6) is 0 Å². The lowest BCUT2D eigenvalue weighted by atomic mass is 9.88. The van der Waals surface area contributed by atoms with Gasteiger partial charge in [-0.25, -0.2) is 9.79 Å². The number of hydrogen-bond donors (Lipinski definition) is 14. The number of aliphatic imine (C=N–C) groups is 1. The molecule has 0 bridgehead atoms. The van der Waals surface area contributed by atoms with Gasteiger partial charge in [0.15, 0.2) is 12.7 Å². The van der Waals surface area contributed by atoms with Crippen LogP contribution in [0.3, 0.4) is 0 Å². The van der Waals surface area contributed by atoms with Crippen LogP contribution in [0.25, 0.3) is 0 Å². The van der Waals surface area contributed by atoms with Crippen LogP contribution in [0.4, 0.5) is 11.4 Å². The fourth-order valence-electron chi connectivity index (χ4n) is 7.44. The van der Waals surface area contributed by atoms with Crippen molar-refractivity contribution >= 4 is 57.1 Å². The van der Waals surface area contributed by atoms with Crippen molar-refractivity contribution in [1.82, 2.24) is 5.32 Å². The third kappa shape index (κ3) is 14.5. The van der Waals surface area contributed by atoms with Gasteiger partial charge in [0, 0.05) is 48.7 Å². The molecule has 3 aliphatic heterocycles. The molecule has 0 saturated carbocycles. The maximum Gasteiger partial charge on any atom is 0.364 e. The lowest BCUT2D eigenvalue weighted by Gasteiger charge is -2.49. The maximum absolute atomic E-state index is 12.9. The second kappa shape index (κ2) is 25.8. The molecule has 3 aliphatic rings. The van der Waals surface area contributed by atoms with Gasteiger partial charge in [0.1, 0.15) is 67.1 Å². The van der Waals surface area contributed by atoms with Gasteiger partial charge in [-0.1, -0.05) is 34.1 Å². The van der Waals surface area contributed by atoms with Crippen LogP contribution in [0.1, 0.15) is 45.4 Å². The fourth-order valence-corrected chi connectivity index (χ4v) is 10.5. The molecular weight excluding hydrogens is 893 g/mol. The van der Waals surface area contributed by atoms with Crippen LogP contribution in [-0.4, -0.2) is 216 Å². The summed E-state index contributed by atoms with van der Waals surface area (Å²) in [5.41, 5.74) is 0.917. The Balaban J connectivity index is 1.51. The number of aliphatic carboxylic acids is 1. The lowest BCUT2D eigenvalue weighted by molar-refractivity contribution is -0.376. The number of carboxylic acids is 1. The first-order chi connectivity index (χ1) is 30.5. The van der Waals surface area contributed by atoms with Crippen molar-refractivity contribution in [3.05, 3.63) is 24.3 Å². The standard InChI is InChI=1S/C39H62N4O19S2/c1-19(47)42-23(14-40-20-6-5-7-21(12-20)43-28(51)9-4-3-8-22-10-11-63-64-22)30(52)34(26(50)16-45)60-37-33(55)36(32(54)27(17-46)59-37)62-39(38(56)57)13-24(48)29(41-18-58-2)35(61-39)31(53)25(49)15-44/h5-7,12,18,22-27,29-37,40,44-46,48-50,52-55H,3-4,8-11,13-17H2,1-2H3,(H,42,47)(H,43,51)(H,56,57). The van der Waals surface area contributed by atoms with Crippen LogP contribution in [0.2, 0.25) is 0 Å². The molecule has 0 radical (unpaired) electrons. The zero-order valence-corrected chi connectivity index (χ0v) is 36.9. The molecule has 3 heterocycles. The van der Waals surface area contributed by atoms with E-state index in [1.165, 1.54) is 13.5 Å². The van der Waals surface area contributed by atoms with Crippen molar-refractivity contribution in [2.24, 2.45) is 4.99 Å². The van der Waals surface area contributed by atoms with Gasteiger partial charge in [-0.3, -0.25) is 9.59 Å². The van der Waals surface area contributed by atoms with Gasteiger partial charge in [-0.05, 0) is 37.5 Å². The van der Waals surface area contributed by atoms with Gasteiger partial charge < -0.3 is 95.8 Å². The highest BCUT2D eigenvalue weighted by Gasteiger charge is 2.59. The molecule has 64 heavy (non-hydrogen) atoms. The van der Waals surface area contributed by atoms with Crippen LogP contribution in [-0.2, 0) is 38.1 Å². The number of ether oxygens (including phenoxy) is 5. The van der Waals surface area contributed by atoms with E-state index >= 15 is 0 Å². The smallest absolute Gasteiger partial charge is 0.364 e. The van der Waals surface area contributed by atoms with E-state index in [1.807, 2.05) is 21.6 Å². The molecule has 16 unspecified atom stereocenters. The summed E-state index contributed by atoms with van der Waals surface area (Å²) in [7, 11) is 4.96. The Bertz CT molecular complexity index is 1650. The van der Waals surface area contributed by atoms with Crippen molar-refractivity contribution in [1.29, 1.82) is 0 Å². The first-order valence-electron chi connectivity index (χ1n) is 20.7. The zero-order valence-electron chi connectivity index (χ0n) is 35.3. The molecule has 2 amide bonds. The van der Waals surface area contributed by atoms with E-state index in [4.69, 9.17) is 23.7 Å². The minimum atomic E-state index is -3.05. The molecule has 1 aromatic rings. The summed E-state index contributed by atoms with van der Waals surface area (Å²) in [6.45, 7) is -2.21. The number of carbonyl (C=O) groups is 3. The number of rotatable bonds is 25. The molecule has 16 atom stereocenters. The zero-order chi connectivity index (χ0) is 47.1. The fraction of sp³-hybridized carbons (Fsp3) is 0.744. The van der Waals surface area contributed by atoms with Crippen LogP contribution in [0, 0.1) is 0 Å². The summed E-state index contributed by atoms with van der Waals surface area (Å²) in [5, 5.41) is 127. The molecule has 25 heteroatoms. The Hall–Kier alpha value is -2.96. The molecule has 14 N–H and O–H groups in total. The average Bonchev–Trinajstić information content (AvgIpc) is 3.80. The summed E-state index contributed by atoms with van der Waals surface area (Å²) in [6.07, 6.45) is -19.9. The van der Waals surface area contributed by atoms with Gasteiger partial charge in [-0.15, -0.1) is 0 Å². The van der Waals surface area contributed by atoms with Crippen molar-refractivity contribution in [3.8, 4) is 0 Å². The van der Waals surface area contributed by atoms with E-state index < -0.39 is 129 Å². The van der Waals surface area contributed by atoms with E-state index in [0.717, 1.165) is 38.3 Å². The van der Waals surface area contributed by atoms with Crippen LogP contribution in [0.15, 0.2) is 29.3 Å². The number of anilines is 2. The normalized spacial score (nSPS) is 31.3. The average molecular weight is 955 g/mol. The molecule has 0 aromatic heterocycles. The highest BCUT2D eigenvalue weighted by atomic mass is 33.1. The molecule has 3 saturated heterocycles. The molecule has 23 nitrogen and oxygen atoms in total. The van der Waals surface area contributed by atoms with Gasteiger partial charge in [-0.2, -0.15) is 0 Å². The number of aliphatic hydroxyl groups is 10. The number of carboxylic acid groups (broad SMARTS) is 1. The number of unbranched alkanes of at least 4 members (excludes halogenated alkanes) is 1. The summed E-state index contributed by atoms with van der Waals surface area (Å²) in [6, 6.07) is 3.78. The SMILES string of the molecule is COC=NC1C(O)CC(OC2C(O)C(CO)OC(OC(C(O)CO)C(O)C(CNc3cccc(NC(=O)CCCCC4CCSS4)c3)NC(C)=O)C2O)(C(=O)O)OC1C(O)C(O)CO. The molecule has 364 valence electrons. The van der Waals surface area contributed by atoms with Crippen molar-refractivity contribution in [2.45, 2.75) is 142 Å². The monoisotopic (exact) mass is 954 g/mol. The highest BCUT2D eigenvalue weighted by Crippen LogP contribution is 2.40. The quantitative estimate of drug-likeness (QED) is 0.0199. The van der Waals surface area contributed by atoms with Gasteiger partial charge in [0.25, 0.3) is 5.79 Å². The van der Waals surface area contributed by atoms with E-state index in [2.05, 4.69) is 20.9 Å². The van der Waals surface area contributed by atoms with E-state index in [1.54, 1.807) is 24.3 Å². The van der Waals surface area contributed by atoms with Gasteiger partial charge >= 0.3 is 5.97 Å². The van der Waals surface area contributed by atoms with Gasteiger partial charge in [0.05, 0.1) is 39.1 Å². The topological polar surface area (TPSA) is 368 Å². The first-order valence-corrected chi connectivity index (χ1v) is 23.1.